The number of nitro benzene ring substituents is 1. The van der Waals surface area contributed by atoms with E-state index in [1.54, 1.807) is 6.20 Å². The van der Waals surface area contributed by atoms with E-state index in [2.05, 4.69) is 25.7 Å². The highest BCUT2D eigenvalue weighted by Crippen LogP contribution is 2.29. The summed E-state index contributed by atoms with van der Waals surface area (Å²) in [7, 11) is 1.20. The predicted molar refractivity (Wildman–Crippen MR) is 135 cm³/mol. The van der Waals surface area contributed by atoms with Gasteiger partial charge in [0, 0.05) is 25.2 Å². The molecular formula is C24H30ClN5O6. The molecule has 1 heterocycles. The second-order valence-corrected chi connectivity index (χ2v) is 8.51. The van der Waals surface area contributed by atoms with E-state index in [-0.39, 0.29) is 36.0 Å². The number of halogens is 1. The summed E-state index contributed by atoms with van der Waals surface area (Å²) in [5.41, 5.74) is 1.09. The smallest absolute Gasteiger partial charge is 0.307 e. The number of unbranched alkanes of at least 4 members (excludes halogenated alkanes) is 2. The number of nitro groups is 1. The molecule has 1 aromatic carbocycles. The molecular weight excluding hydrogens is 490 g/mol. The van der Waals surface area contributed by atoms with E-state index < -0.39 is 22.8 Å². The summed E-state index contributed by atoms with van der Waals surface area (Å²) in [6, 6.07) is 6.98. The van der Waals surface area contributed by atoms with Crippen LogP contribution in [0.5, 0.6) is 0 Å². The summed E-state index contributed by atoms with van der Waals surface area (Å²) >= 11 is 5.85. The first-order chi connectivity index (χ1) is 17.2. The van der Waals surface area contributed by atoms with Crippen LogP contribution in [0.25, 0.3) is 0 Å². The van der Waals surface area contributed by atoms with Gasteiger partial charge in [0.2, 0.25) is 11.8 Å². The van der Waals surface area contributed by atoms with E-state index in [0.717, 1.165) is 30.8 Å². The molecule has 194 valence electrons. The first-order valence-electron chi connectivity index (χ1n) is 11.4. The summed E-state index contributed by atoms with van der Waals surface area (Å²) in [4.78, 5) is 51.1. The zero-order valence-electron chi connectivity index (χ0n) is 20.2. The molecule has 0 aliphatic heterocycles. The Kier molecular flexibility index (Phi) is 11.6. The van der Waals surface area contributed by atoms with Gasteiger partial charge in [-0.25, -0.2) is 4.98 Å². The Labute approximate surface area is 214 Å². The lowest BCUT2D eigenvalue weighted by Gasteiger charge is -2.18. The van der Waals surface area contributed by atoms with Gasteiger partial charge in [0.25, 0.3) is 5.69 Å². The average Bonchev–Trinajstić information content (AvgIpc) is 2.84. The molecule has 11 nitrogen and oxygen atoms in total. The molecule has 0 aliphatic rings. The van der Waals surface area contributed by atoms with Crippen molar-refractivity contribution in [1.82, 2.24) is 15.6 Å². The summed E-state index contributed by atoms with van der Waals surface area (Å²) in [5.74, 6) is -0.623. The number of ether oxygens (including phenoxy) is 1. The fourth-order valence-corrected chi connectivity index (χ4v) is 3.52. The quantitative estimate of drug-likeness (QED) is 0.148. The van der Waals surface area contributed by atoms with Crippen molar-refractivity contribution in [1.29, 1.82) is 0 Å². The van der Waals surface area contributed by atoms with Gasteiger partial charge in [-0.1, -0.05) is 24.1 Å². The number of nitrogens with one attached hydrogen (secondary N) is 3. The number of benzene rings is 1. The summed E-state index contributed by atoms with van der Waals surface area (Å²) < 4.78 is 4.66. The van der Waals surface area contributed by atoms with Crippen LogP contribution in [0.15, 0.2) is 36.5 Å². The normalized spacial score (nSPS) is 11.3. The Hall–Kier alpha value is -3.73. The van der Waals surface area contributed by atoms with Crippen molar-refractivity contribution in [3.05, 3.63) is 62.8 Å². The fourth-order valence-electron chi connectivity index (χ4n) is 3.34. The van der Waals surface area contributed by atoms with E-state index >= 15 is 0 Å². The number of aryl methyl sites for hydroxylation is 1. The number of hydrogen-bond donors (Lipinski definition) is 3. The second-order valence-electron chi connectivity index (χ2n) is 8.10. The molecule has 2 aromatic rings. The molecule has 0 saturated carbocycles. The largest absolute Gasteiger partial charge is 0.469 e. The Balaban J connectivity index is 1.77. The van der Waals surface area contributed by atoms with Crippen molar-refractivity contribution in [2.24, 2.45) is 0 Å². The van der Waals surface area contributed by atoms with Crippen molar-refractivity contribution in [2.45, 2.75) is 45.1 Å². The third-order valence-corrected chi connectivity index (χ3v) is 5.57. The Bertz CT molecular complexity index is 1080. The summed E-state index contributed by atoms with van der Waals surface area (Å²) in [6.07, 6.45) is 4.12. The van der Waals surface area contributed by atoms with Crippen LogP contribution in [-0.2, 0) is 19.1 Å². The van der Waals surface area contributed by atoms with Crippen LogP contribution in [0, 0.1) is 17.0 Å². The molecule has 2 rings (SSSR count). The lowest BCUT2D eigenvalue weighted by atomic mass is 10.0. The lowest BCUT2D eigenvalue weighted by Crippen LogP contribution is -2.39. The molecule has 1 unspecified atom stereocenters. The van der Waals surface area contributed by atoms with Gasteiger partial charge in [0.1, 0.15) is 10.8 Å². The van der Waals surface area contributed by atoms with E-state index in [1.807, 2.05) is 19.1 Å². The van der Waals surface area contributed by atoms with Crippen molar-refractivity contribution in [3.8, 4) is 0 Å². The monoisotopic (exact) mass is 519 g/mol. The lowest BCUT2D eigenvalue weighted by molar-refractivity contribution is -0.384. The van der Waals surface area contributed by atoms with Crippen molar-refractivity contribution >= 4 is 40.9 Å². The Morgan fingerprint density at radius 3 is 2.61 bits per heavy atom. The van der Waals surface area contributed by atoms with Gasteiger partial charge in [0.15, 0.2) is 0 Å². The molecule has 0 spiro atoms. The van der Waals surface area contributed by atoms with Gasteiger partial charge in [0.05, 0.1) is 31.0 Å². The number of hydrogen-bond acceptors (Lipinski definition) is 8. The Morgan fingerprint density at radius 1 is 1.14 bits per heavy atom. The van der Waals surface area contributed by atoms with Crippen LogP contribution in [0.2, 0.25) is 5.02 Å². The second kappa shape index (κ2) is 14.6. The zero-order chi connectivity index (χ0) is 26.5. The number of aromatic nitrogens is 1. The number of anilines is 1. The molecule has 36 heavy (non-hydrogen) atoms. The maximum absolute atomic E-state index is 12.4. The highest BCUT2D eigenvalue weighted by Gasteiger charge is 2.23. The maximum atomic E-state index is 12.4. The van der Waals surface area contributed by atoms with Crippen LogP contribution >= 0.6 is 11.6 Å². The van der Waals surface area contributed by atoms with Gasteiger partial charge in [-0.15, -0.1) is 0 Å². The van der Waals surface area contributed by atoms with Crippen LogP contribution in [0.3, 0.4) is 0 Å². The first kappa shape index (κ1) is 28.5. The van der Waals surface area contributed by atoms with E-state index in [0.29, 0.717) is 12.0 Å². The molecule has 0 aliphatic carbocycles. The average molecular weight is 520 g/mol. The highest BCUT2D eigenvalue weighted by molar-refractivity contribution is 6.32. The van der Waals surface area contributed by atoms with Crippen LogP contribution in [-0.4, -0.2) is 47.9 Å². The minimum atomic E-state index is -0.895. The third-order valence-electron chi connectivity index (χ3n) is 5.25. The molecule has 0 bridgehead atoms. The number of pyridine rings is 1. The number of rotatable bonds is 14. The van der Waals surface area contributed by atoms with Gasteiger partial charge < -0.3 is 20.7 Å². The molecule has 0 saturated heterocycles. The van der Waals surface area contributed by atoms with Gasteiger partial charge in [-0.2, -0.15) is 0 Å². The molecule has 1 aromatic heterocycles. The first-order valence-corrected chi connectivity index (χ1v) is 11.8. The molecule has 12 heteroatoms. The summed E-state index contributed by atoms with van der Waals surface area (Å²) in [5, 5.41) is 19.5. The van der Waals surface area contributed by atoms with Crippen molar-refractivity contribution < 1.29 is 24.0 Å². The van der Waals surface area contributed by atoms with Gasteiger partial charge in [-0.05, 0) is 49.1 Å². The summed E-state index contributed by atoms with van der Waals surface area (Å²) in [6.45, 7) is 2.44. The number of esters is 1. The topological polar surface area (TPSA) is 153 Å². The minimum absolute atomic E-state index is 0.0678. The van der Waals surface area contributed by atoms with Crippen molar-refractivity contribution in [3.63, 3.8) is 0 Å². The highest BCUT2D eigenvalue weighted by atomic mass is 35.5. The number of carbonyl (C=O) groups excluding carboxylic acids is 3. The standard InChI is InChI=1S/C24H30ClN5O6/c1-16-9-11-27-21(12-16)26-10-5-3-4-6-22(31)28-15-23(32)29-19(14-24(33)36-2)17-7-8-18(25)20(13-17)30(34)35/h7-9,11-13,19H,3-6,10,14-15H2,1-2H3,(H,26,27)(H,28,31)(H,29,32). The molecule has 0 radical (unpaired) electrons. The van der Waals surface area contributed by atoms with E-state index in [1.165, 1.54) is 25.3 Å². The van der Waals surface area contributed by atoms with Gasteiger partial charge >= 0.3 is 5.97 Å². The zero-order valence-corrected chi connectivity index (χ0v) is 21.0. The van der Waals surface area contributed by atoms with Crippen LogP contribution < -0.4 is 16.0 Å². The van der Waals surface area contributed by atoms with Gasteiger partial charge in [-0.3, -0.25) is 24.5 Å². The minimum Gasteiger partial charge on any atom is -0.469 e. The van der Waals surface area contributed by atoms with Crippen molar-refractivity contribution in [2.75, 3.05) is 25.5 Å². The molecule has 3 N–H and O–H groups in total. The number of nitrogens with zero attached hydrogens (tertiary/aromatic N) is 2. The van der Waals surface area contributed by atoms with E-state index in [9.17, 15) is 24.5 Å². The van der Waals surface area contributed by atoms with Crippen LogP contribution in [0.4, 0.5) is 11.5 Å². The predicted octanol–water partition coefficient (Wildman–Crippen LogP) is 3.46. The van der Waals surface area contributed by atoms with Crippen LogP contribution in [0.1, 0.15) is 49.3 Å². The van der Waals surface area contributed by atoms with E-state index in [4.69, 9.17) is 11.6 Å². The fraction of sp³-hybridized carbons (Fsp3) is 0.417. The molecule has 0 fully saturated rings. The maximum Gasteiger partial charge on any atom is 0.307 e. The number of amides is 2. The number of carbonyl (C=O) groups is 3. The molecule has 1 atom stereocenters. The number of methoxy groups -OCH3 is 1. The Morgan fingerprint density at radius 2 is 1.92 bits per heavy atom. The molecule has 2 amide bonds. The third kappa shape index (κ3) is 9.87. The SMILES string of the molecule is COC(=O)CC(NC(=O)CNC(=O)CCCCCNc1cc(C)ccn1)c1ccc(Cl)c([N+](=O)[O-])c1.